The number of hydrogen-bond donors (Lipinski definition) is 1. The molecule has 1 heterocycles. The smallest absolute Gasteiger partial charge is 0.110 e. The Morgan fingerprint density at radius 2 is 2.50 bits per heavy atom. The molecule has 0 fully saturated rings. The second kappa shape index (κ2) is 4.49. The molecule has 0 saturated heterocycles. The summed E-state index contributed by atoms with van der Waals surface area (Å²) >= 11 is 0. The van der Waals surface area contributed by atoms with Gasteiger partial charge >= 0.3 is 0 Å². The lowest BCUT2D eigenvalue weighted by molar-refractivity contribution is 1.05. The average Bonchev–Trinajstić information content (AvgIpc) is 2.17. The number of hydrogen-bond acceptors (Lipinski definition) is 1. The van der Waals surface area contributed by atoms with Gasteiger partial charge in [0, 0.05) is 18.3 Å². The quantitative estimate of drug-likeness (QED) is 0.631. The van der Waals surface area contributed by atoms with Crippen molar-refractivity contribution in [3.63, 3.8) is 0 Å². The number of aromatic amines is 1. The number of rotatable bonds is 2. The van der Waals surface area contributed by atoms with Gasteiger partial charge in [-0.15, -0.1) is 30.6 Å². The molecule has 1 aromatic rings. The summed E-state index contributed by atoms with van der Waals surface area (Å²) in [6.07, 6.45) is 4.48. The molecule has 0 aromatic carbocycles. The lowest BCUT2D eigenvalue weighted by Crippen LogP contribution is -1.81. The molecule has 0 saturated carbocycles. The Morgan fingerprint density at radius 1 is 1.80 bits per heavy atom. The van der Waals surface area contributed by atoms with Crippen LogP contribution in [0.5, 0.6) is 0 Å². The van der Waals surface area contributed by atoms with Crippen LogP contribution in [0.2, 0.25) is 0 Å². The number of nitrogens with zero attached hydrogens (tertiary/aromatic N) is 1. The molecule has 1 rings (SSSR count). The molecule has 0 radical (unpaired) electrons. The highest BCUT2D eigenvalue weighted by Crippen LogP contribution is 1.94. The van der Waals surface area contributed by atoms with Crippen molar-refractivity contribution in [3.8, 4) is 0 Å². The number of imidazole rings is 1. The minimum Gasteiger partial charge on any atom is -0.346 e. The lowest BCUT2D eigenvalue weighted by atomic mass is 10.4. The third kappa shape index (κ3) is 2.51. The van der Waals surface area contributed by atoms with E-state index in [9.17, 15) is 0 Å². The molecule has 3 heteroatoms. The molecule has 0 bridgehead atoms. The molecule has 56 valence electrons. The normalized spacial score (nSPS) is 8.50. The maximum absolute atomic E-state index is 4.08. The third-order valence-corrected chi connectivity index (χ3v) is 1.09. The minimum absolute atomic E-state index is 0. The summed E-state index contributed by atoms with van der Waals surface area (Å²) in [5.74, 6) is 0.988. The summed E-state index contributed by atoms with van der Waals surface area (Å²) in [6.45, 7) is 5.59. The molecule has 0 aliphatic carbocycles. The number of allylic oxidation sites excluding steroid dienone is 1. The summed E-state index contributed by atoms with van der Waals surface area (Å²) in [6, 6.07) is 0. The van der Waals surface area contributed by atoms with Crippen molar-refractivity contribution in [2.75, 3.05) is 0 Å². The molecular weight excluding hydrogens is 239 g/mol. The second-order valence-electron chi connectivity index (χ2n) is 2.01. The van der Waals surface area contributed by atoms with Crippen molar-refractivity contribution < 1.29 is 0 Å². The van der Waals surface area contributed by atoms with E-state index < -0.39 is 0 Å². The van der Waals surface area contributed by atoms with Crippen LogP contribution in [0, 0.1) is 6.92 Å². The van der Waals surface area contributed by atoms with Crippen molar-refractivity contribution in [2.24, 2.45) is 0 Å². The van der Waals surface area contributed by atoms with Crippen LogP contribution in [-0.2, 0) is 6.42 Å². The van der Waals surface area contributed by atoms with E-state index in [0.717, 1.165) is 17.9 Å². The van der Waals surface area contributed by atoms with Crippen LogP contribution < -0.4 is 0 Å². The zero-order valence-corrected chi connectivity index (χ0v) is 8.25. The van der Waals surface area contributed by atoms with E-state index in [0.29, 0.717) is 0 Å². The van der Waals surface area contributed by atoms with E-state index in [2.05, 4.69) is 16.5 Å². The van der Waals surface area contributed by atoms with E-state index in [-0.39, 0.29) is 24.0 Å². The van der Waals surface area contributed by atoms with Gasteiger partial charge in [0.1, 0.15) is 5.82 Å². The largest absolute Gasteiger partial charge is 0.346 e. The molecule has 1 aromatic heterocycles. The van der Waals surface area contributed by atoms with Crippen LogP contribution in [0.4, 0.5) is 0 Å². The highest BCUT2D eigenvalue weighted by atomic mass is 127. The number of aryl methyl sites for hydroxylation is 1. The predicted octanol–water partition coefficient (Wildman–Crippen LogP) is 2.06. The molecule has 1 N–H and O–H groups in total. The van der Waals surface area contributed by atoms with Crippen LogP contribution in [0.25, 0.3) is 0 Å². The maximum Gasteiger partial charge on any atom is 0.110 e. The zero-order valence-electron chi connectivity index (χ0n) is 5.92. The van der Waals surface area contributed by atoms with E-state index in [1.165, 1.54) is 0 Å². The molecule has 0 atom stereocenters. The van der Waals surface area contributed by atoms with E-state index in [1.807, 2.05) is 19.2 Å². The molecule has 0 aliphatic heterocycles. The van der Waals surface area contributed by atoms with Gasteiger partial charge in [-0.3, -0.25) is 0 Å². The van der Waals surface area contributed by atoms with Crippen molar-refractivity contribution in [1.29, 1.82) is 0 Å². The Labute approximate surface area is 77.8 Å². The maximum atomic E-state index is 4.08. The minimum atomic E-state index is 0. The van der Waals surface area contributed by atoms with Gasteiger partial charge < -0.3 is 4.98 Å². The van der Waals surface area contributed by atoms with Gasteiger partial charge in [-0.1, -0.05) is 6.08 Å². The van der Waals surface area contributed by atoms with Gasteiger partial charge in [-0.2, -0.15) is 0 Å². The van der Waals surface area contributed by atoms with E-state index >= 15 is 0 Å². The fourth-order valence-corrected chi connectivity index (χ4v) is 0.707. The Kier molecular flexibility index (Phi) is 4.34. The first-order chi connectivity index (χ1) is 4.33. The van der Waals surface area contributed by atoms with Crippen LogP contribution in [0.1, 0.15) is 11.5 Å². The lowest BCUT2D eigenvalue weighted by Gasteiger charge is -1.84. The van der Waals surface area contributed by atoms with Gasteiger partial charge in [0.25, 0.3) is 0 Å². The van der Waals surface area contributed by atoms with Crippen molar-refractivity contribution in [1.82, 2.24) is 9.97 Å². The van der Waals surface area contributed by atoms with Gasteiger partial charge in [0.2, 0.25) is 0 Å². The van der Waals surface area contributed by atoms with Crippen molar-refractivity contribution in [2.45, 2.75) is 13.3 Å². The molecular formula is C7H11IN2. The first-order valence-electron chi connectivity index (χ1n) is 2.94. The highest BCUT2D eigenvalue weighted by Gasteiger charge is 1.90. The SMILES string of the molecule is C=CCc1ncc(C)[nH]1.I. The van der Waals surface area contributed by atoms with Gasteiger partial charge in [-0.25, -0.2) is 4.98 Å². The standard InChI is InChI=1S/C7H10N2.HI/c1-3-4-7-8-5-6(2)9-7;/h3,5H,1,4H2,2H3,(H,8,9);1H. The number of halogens is 1. The van der Waals surface area contributed by atoms with E-state index in [4.69, 9.17) is 0 Å². The predicted molar refractivity (Wildman–Crippen MR) is 52.6 cm³/mol. The van der Waals surface area contributed by atoms with Crippen LogP contribution >= 0.6 is 24.0 Å². The van der Waals surface area contributed by atoms with Crippen LogP contribution in [0.3, 0.4) is 0 Å². The van der Waals surface area contributed by atoms with Crippen molar-refractivity contribution >= 4 is 24.0 Å². The summed E-state index contributed by atoms with van der Waals surface area (Å²) in [4.78, 5) is 7.17. The number of H-pyrrole nitrogens is 1. The fraction of sp³-hybridized carbons (Fsp3) is 0.286. The fourth-order valence-electron chi connectivity index (χ4n) is 0.707. The first kappa shape index (κ1) is 9.68. The summed E-state index contributed by atoms with van der Waals surface area (Å²) in [5, 5.41) is 0. The number of aromatic nitrogens is 2. The zero-order chi connectivity index (χ0) is 6.69. The number of nitrogens with one attached hydrogen (secondary N) is 1. The van der Waals surface area contributed by atoms with Crippen LogP contribution in [0.15, 0.2) is 18.9 Å². The first-order valence-corrected chi connectivity index (χ1v) is 2.94. The molecule has 0 amide bonds. The Balaban J connectivity index is 0.000000810. The molecule has 2 nitrogen and oxygen atoms in total. The topological polar surface area (TPSA) is 28.7 Å². The monoisotopic (exact) mass is 250 g/mol. The molecule has 10 heavy (non-hydrogen) atoms. The third-order valence-electron chi connectivity index (χ3n) is 1.09. The molecule has 0 aliphatic rings. The second-order valence-corrected chi connectivity index (χ2v) is 2.01. The van der Waals surface area contributed by atoms with Crippen LogP contribution in [-0.4, -0.2) is 9.97 Å². The van der Waals surface area contributed by atoms with Gasteiger partial charge in [0.15, 0.2) is 0 Å². The van der Waals surface area contributed by atoms with E-state index in [1.54, 1.807) is 0 Å². The van der Waals surface area contributed by atoms with Gasteiger partial charge in [0.05, 0.1) is 0 Å². The highest BCUT2D eigenvalue weighted by molar-refractivity contribution is 14.0. The Hall–Kier alpha value is -0.320. The van der Waals surface area contributed by atoms with Crippen molar-refractivity contribution in [3.05, 3.63) is 30.4 Å². The summed E-state index contributed by atoms with van der Waals surface area (Å²) < 4.78 is 0. The average molecular weight is 250 g/mol. The Morgan fingerprint density at radius 3 is 2.90 bits per heavy atom. The molecule has 0 spiro atoms. The molecule has 0 unspecified atom stereocenters. The summed E-state index contributed by atoms with van der Waals surface area (Å²) in [5.41, 5.74) is 1.10. The summed E-state index contributed by atoms with van der Waals surface area (Å²) in [7, 11) is 0. The van der Waals surface area contributed by atoms with Gasteiger partial charge in [-0.05, 0) is 6.92 Å². The Bertz CT molecular complexity index is 205.